The smallest absolute Gasteiger partial charge is 0.423 e. The van der Waals surface area contributed by atoms with E-state index in [2.05, 4.69) is 11.8 Å². The van der Waals surface area contributed by atoms with Crippen molar-refractivity contribution in [3.8, 4) is 0 Å². The first-order chi connectivity index (χ1) is 10.1. The van der Waals surface area contributed by atoms with Crippen LogP contribution in [-0.2, 0) is 6.54 Å². The molecule has 2 rings (SSSR count). The Morgan fingerprint density at radius 1 is 1.24 bits per heavy atom. The van der Waals surface area contributed by atoms with E-state index < -0.39 is 12.9 Å². The highest BCUT2D eigenvalue weighted by Crippen LogP contribution is 2.22. The summed E-state index contributed by atoms with van der Waals surface area (Å²) in [5, 5.41) is 18.4. The molecule has 0 amide bonds. The van der Waals surface area contributed by atoms with Crippen LogP contribution in [0.15, 0.2) is 18.2 Å². The van der Waals surface area contributed by atoms with Gasteiger partial charge in [0.2, 0.25) is 0 Å². The van der Waals surface area contributed by atoms with Crippen molar-refractivity contribution in [3.05, 3.63) is 29.6 Å². The largest absolute Gasteiger partial charge is 0.488 e. The lowest BCUT2D eigenvalue weighted by atomic mass is 9.79. The number of hydrogen-bond acceptors (Lipinski definition) is 3. The molecule has 1 saturated heterocycles. The van der Waals surface area contributed by atoms with E-state index in [9.17, 15) is 14.4 Å². The maximum Gasteiger partial charge on any atom is 0.488 e. The molecule has 1 aliphatic heterocycles. The fourth-order valence-corrected chi connectivity index (χ4v) is 3.25. The van der Waals surface area contributed by atoms with Gasteiger partial charge in [-0.1, -0.05) is 25.8 Å². The Kier molecular flexibility index (Phi) is 6.21. The first-order valence-corrected chi connectivity index (χ1v) is 7.96. The normalized spacial score (nSPS) is 20.3. The van der Waals surface area contributed by atoms with Crippen LogP contribution in [0.1, 0.15) is 44.6 Å². The molecule has 1 unspecified atom stereocenters. The first kappa shape index (κ1) is 16.5. The Balaban J connectivity index is 1.98. The molecule has 0 aliphatic carbocycles. The zero-order valence-corrected chi connectivity index (χ0v) is 12.8. The molecule has 0 saturated carbocycles. The van der Waals surface area contributed by atoms with E-state index in [1.165, 1.54) is 44.2 Å². The zero-order chi connectivity index (χ0) is 15.2. The highest BCUT2D eigenvalue weighted by Gasteiger charge is 2.18. The van der Waals surface area contributed by atoms with Gasteiger partial charge in [0.25, 0.3) is 0 Å². The number of halogens is 1. The van der Waals surface area contributed by atoms with Crippen molar-refractivity contribution in [1.29, 1.82) is 0 Å². The lowest BCUT2D eigenvalue weighted by molar-refractivity contribution is 0.271. The van der Waals surface area contributed by atoms with E-state index in [0.717, 1.165) is 24.6 Å². The summed E-state index contributed by atoms with van der Waals surface area (Å²) in [5.41, 5.74) is 1.04. The summed E-state index contributed by atoms with van der Waals surface area (Å²) < 4.78 is 13.5. The first-order valence-electron chi connectivity index (χ1n) is 7.96. The molecular weight excluding hydrogens is 268 g/mol. The average molecular weight is 293 g/mol. The Bertz CT molecular complexity index is 456. The van der Waals surface area contributed by atoms with Gasteiger partial charge in [0.05, 0.1) is 0 Å². The molecule has 0 spiro atoms. The highest BCUT2D eigenvalue weighted by atomic mass is 19.1. The van der Waals surface area contributed by atoms with Crippen LogP contribution in [0.2, 0.25) is 0 Å². The molecule has 116 valence electrons. The fourth-order valence-electron chi connectivity index (χ4n) is 3.25. The van der Waals surface area contributed by atoms with Gasteiger partial charge >= 0.3 is 7.12 Å². The quantitative estimate of drug-likeness (QED) is 0.815. The molecule has 21 heavy (non-hydrogen) atoms. The Hall–Kier alpha value is -0.905. The molecule has 1 aromatic carbocycles. The van der Waals surface area contributed by atoms with Crippen LogP contribution in [0.25, 0.3) is 0 Å². The number of hydrogen-bond donors (Lipinski definition) is 2. The van der Waals surface area contributed by atoms with E-state index in [1.54, 1.807) is 6.07 Å². The number of benzene rings is 1. The van der Waals surface area contributed by atoms with Gasteiger partial charge in [0.1, 0.15) is 5.82 Å². The molecule has 5 heteroatoms. The second-order valence-electron chi connectivity index (χ2n) is 6.13. The number of nitrogens with zero attached hydrogens (tertiary/aromatic N) is 1. The second-order valence-corrected chi connectivity index (χ2v) is 6.13. The molecule has 3 nitrogen and oxygen atoms in total. The van der Waals surface area contributed by atoms with Gasteiger partial charge in [-0.2, -0.15) is 0 Å². The summed E-state index contributed by atoms with van der Waals surface area (Å²) in [7, 11) is -1.61. The Morgan fingerprint density at radius 2 is 2.05 bits per heavy atom. The molecule has 0 aromatic heterocycles. The number of rotatable bonds is 5. The summed E-state index contributed by atoms with van der Waals surface area (Å²) in [6, 6.07) is 4.34. The maximum atomic E-state index is 13.5. The van der Waals surface area contributed by atoms with Crippen molar-refractivity contribution in [1.82, 2.24) is 4.90 Å². The van der Waals surface area contributed by atoms with Crippen molar-refractivity contribution in [2.75, 3.05) is 13.1 Å². The highest BCUT2D eigenvalue weighted by molar-refractivity contribution is 6.58. The van der Waals surface area contributed by atoms with Gasteiger partial charge < -0.3 is 10.0 Å². The third-order valence-electron chi connectivity index (χ3n) is 4.32. The number of likely N-dealkylation sites (tertiary alicyclic amines) is 1. The van der Waals surface area contributed by atoms with Crippen LogP contribution in [0.4, 0.5) is 4.39 Å². The van der Waals surface area contributed by atoms with Gasteiger partial charge in [-0.25, -0.2) is 4.39 Å². The topological polar surface area (TPSA) is 43.7 Å². The Labute approximate surface area is 126 Å². The van der Waals surface area contributed by atoms with E-state index in [-0.39, 0.29) is 5.46 Å². The summed E-state index contributed by atoms with van der Waals surface area (Å²) >= 11 is 0. The summed E-state index contributed by atoms with van der Waals surface area (Å²) in [4.78, 5) is 2.35. The van der Waals surface area contributed by atoms with E-state index in [0.29, 0.717) is 6.54 Å². The van der Waals surface area contributed by atoms with Gasteiger partial charge in [0.15, 0.2) is 0 Å². The molecule has 1 aliphatic rings. The molecule has 1 heterocycles. The minimum atomic E-state index is -1.61. The van der Waals surface area contributed by atoms with E-state index >= 15 is 0 Å². The average Bonchev–Trinajstić information content (AvgIpc) is 2.64. The zero-order valence-electron chi connectivity index (χ0n) is 12.8. The molecule has 1 fully saturated rings. The van der Waals surface area contributed by atoms with Crippen LogP contribution in [-0.4, -0.2) is 35.2 Å². The van der Waals surface area contributed by atoms with Crippen molar-refractivity contribution in [2.45, 2.75) is 45.6 Å². The van der Waals surface area contributed by atoms with Gasteiger partial charge in [-0.3, -0.25) is 4.90 Å². The lowest BCUT2D eigenvalue weighted by Gasteiger charge is -2.20. The monoisotopic (exact) mass is 293 g/mol. The van der Waals surface area contributed by atoms with Crippen molar-refractivity contribution < 1.29 is 14.4 Å². The van der Waals surface area contributed by atoms with E-state index in [4.69, 9.17) is 0 Å². The van der Waals surface area contributed by atoms with Crippen LogP contribution in [0.5, 0.6) is 0 Å². The van der Waals surface area contributed by atoms with Crippen molar-refractivity contribution in [3.63, 3.8) is 0 Å². The van der Waals surface area contributed by atoms with Crippen LogP contribution >= 0.6 is 0 Å². The molecule has 0 radical (unpaired) electrons. The van der Waals surface area contributed by atoms with Crippen LogP contribution < -0.4 is 5.46 Å². The minimum Gasteiger partial charge on any atom is -0.423 e. The second kappa shape index (κ2) is 7.92. The Morgan fingerprint density at radius 3 is 2.76 bits per heavy atom. The molecule has 1 aromatic rings. The summed E-state index contributed by atoms with van der Waals surface area (Å²) in [5.74, 6) is 0.414. The fraction of sp³-hybridized carbons (Fsp3) is 0.625. The molecule has 0 bridgehead atoms. The van der Waals surface area contributed by atoms with Crippen molar-refractivity contribution >= 4 is 12.6 Å². The van der Waals surface area contributed by atoms with Gasteiger partial charge in [-0.15, -0.1) is 0 Å². The maximum absolute atomic E-state index is 13.5. The van der Waals surface area contributed by atoms with Gasteiger partial charge in [0, 0.05) is 6.54 Å². The van der Waals surface area contributed by atoms with E-state index in [1.807, 2.05) is 0 Å². The lowest BCUT2D eigenvalue weighted by Crippen LogP contribution is -2.31. The molecule has 1 atom stereocenters. The predicted molar refractivity (Wildman–Crippen MR) is 83.8 cm³/mol. The SMILES string of the molecule is CCCC1CCCN(Cc2cc(F)cc(B(O)O)c2)CC1. The third kappa shape index (κ3) is 5.09. The standard InChI is InChI=1S/C16H25BFNO2/c1-2-4-13-5-3-7-19(8-6-13)12-14-9-15(17(20)21)11-16(18)10-14/h9-11,13,20-21H,2-8,12H2,1H3. The summed E-state index contributed by atoms with van der Waals surface area (Å²) in [6.07, 6.45) is 6.23. The van der Waals surface area contributed by atoms with Crippen molar-refractivity contribution in [2.24, 2.45) is 5.92 Å². The summed E-state index contributed by atoms with van der Waals surface area (Å²) in [6.45, 7) is 4.99. The van der Waals surface area contributed by atoms with Gasteiger partial charge in [-0.05, 0) is 61.4 Å². The minimum absolute atomic E-state index is 0.226. The molecule has 2 N–H and O–H groups in total. The predicted octanol–water partition coefficient (Wildman–Crippen LogP) is 1.91. The third-order valence-corrected chi connectivity index (χ3v) is 4.32. The van der Waals surface area contributed by atoms with Crippen LogP contribution in [0, 0.1) is 11.7 Å². The van der Waals surface area contributed by atoms with Crippen LogP contribution in [0.3, 0.4) is 0 Å². The molecular formula is C16H25BFNO2.